The van der Waals surface area contributed by atoms with Crippen LogP contribution in [0.5, 0.6) is 0 Å². The SMILES string of the molecule is CC1CC[NH+](CC(=O)N[C@@]2(C)[C@H]3CC[C@@H](C3)C2(C)C)CC1. The van der Waals surface area contributed by atoms with Crippen LogP contribution in [-0.2, 0) is 4.79 Å². The second-order valence-electron chi connectivity index (χ2n) is 8.79. The maximum absolute atomic E-state index is 12.6. The molecule has 2 N–H and O–H groups in total. The fraction of sp³-hybridized carbons (Fsp3) is 0.944. The van der Waals surface area contributed by atoms with E-state index in [9.17, 15) is 4.79 Å². The number of piperidine rings is 1. The van der Waals surface area contributed by atoms with Gasteiger partial charge in [0.15, 0.2) is 6.54 Å². The molecule has 3 atom stereocenters. The Hall–Kier alpha value is -0.570. The first-order valence-electron chi connectivity index (χ1n) is 8.97. The lowest BCUT2D eigenvalue weighted by Gasteiger charge is -2.48. The van der Waals surface area contributed by atoms with Crippen molar-refractivity contribution in [1.82, 2.24) is 5.32 Å². The summed E-state index contributed by atoms with van der Waals surface area (Å²) in [5.74, 6) is 2.62. The molecule has 0 aromatic carbocycles. The molecular formula is C18H33N2O+. The Labute approximate surface area is 129 Å². The van der Waals surface area contributed by atoms with Crippen LogP contribution in [0, 0.1) is 23.2 Å². The standard InChI is InChI=1S/C18H32N2O/c1-13-7-9-20(10-8-13)12-16(21)19-18(4)15-6-5-14(11-15)17(18,2)3/h13-15H,5-12H2,1-4H3,(H,19,21)/p+1/t14-,15-,18-/m0/s1. The van der Waals surface area contributed by atoms with Crippen molar-refractivity contribution in [3.8, 4) is 0 Å². The normalized spacial score (nSPS) is 44.8. The average Bonchev–Trinajstić information content (AvgIpc) is 2.96. The first-order chi connectivity index (χ1) is 9.83. The smallest absolute Gasteiger partial charge is 0.275 e. The topological polar surface area (TPSA) is 33.5 Å². The van der Waals surface area contributed by atoms with Crippen LogP contribution in [0.25, 0.3) is 0 Å². The molecule has 1 heterocycles. The van der Waals surface area contributed by atoms with Gasteiger partial charge >= 0.3 is 0 Å². The number of carbonyl (C=O) groups excluding carboxylic acids is 1. The van der Waals surface area contributed by atoms with Crippen molar-refractivity contribution in [3.05, 3.63) is 0 Å². The maximum atomic E-state index is 12.6. The van der Waals surface area contributed by atoms with Gasteiger partial charge in [-0.05, 0) is 62.2 Å². The maximum Gasteiger partial charge on any atom is 0.275 e. The fourth-order valence-electron chi connectivity index (χ4n) is 5.28. The summed E-state index contributed by atoms with van der Waals surface area (Å²) in [4.78, 5) is 14.1. The molecule has 1 amide bonds. The van der Waals surface area contributed by atoms with Gasteiger partial charge < -0.3 is 10.2 Å². The van der Waals surface area contributed by atoms with Gasteiger partial charge in [0, 0.05) is 5.54 Å². The fourth-order valence-corrected chi connectivity index (χ4v) is 5.28. The highest BCUT2D eigenvalue weighted by Gasteiger charge is 2.60. The van der Waals surface area contributed by atoms with E-state index in [0.29, 0.717) is 12.5 Å². The van der Waals surface area contributed by atoms with Crippen molar-refractivity contribution in [3.63, 3.8) is 0 Å². The number of fused-ring (bicyclic) bond motifs is 2. The molecule has 2 saturated carbocycles. The van der Waals surface area contributed by atoms with E-state index in [1.807, 2.05) is 0 Å². The van der Waals surface area contributed by atoms with E-state index in [0.717, 1.165) is 11.8 Å². The summed E-state index contributed by atoms with van der Waals surface area (Å²) in [6.45, 7) is 12.4. The van der Waals surface area contributed by atoms with Gasteiger partial charge in [0.05, 0.1) is 13.1 Å². The lowest BCUT2D eigenvalue weighted by molar-refractivity contribution is -0.898. The predicted molar refractivity (Wildman–Crippen MR) is 85.1 cm³/mol. The third kappa shape index (κ3) is 2.52. The molecule has 0 aromatic rings. The molecule has 2 bridgehead atoms. The van der Waals surface area contributed by atoms with Crippen LogP contribution in [0.3, 0.4) is 0 Å². The van der Waals surface area contributed by atoms with Crippen molar-refractivity contribution in [2.75, 3.05) is 19.6 Å². The zero-order valence-corrected chi connectivity index (χ0v) is 14.3. The van der Waals surface area contributed by atoms with Crippen LogP contribution in [0.15, 0.2) is 0 Å². The highest BCUT2D eigenvalue weighted by atomic mass is 16.2. The Morgan fingerprint density at radius 1 is 1.10 bits per heavy atom. The number of hydrogen-bond acceptors (Lipinski definition) is 1. The molecule has 2 aliphatic carbocycles. The monoisotopic (exact) mass is 293 g/mol. The molecular weight excluding hydrogens is 260 g/mol. The first-order valence-corrected chi connectivity index (χ1v) is 8.97. The lowest BCUT2D eigenvalue weighted by atomic mass is 9.64. The molecule has 0 spiro atoms. The number of quaternary nitrogens is 1. The van der Waals surface area contributed by atoms with Gasteiger partial charge in [-0.1, -0.05) is 20.8 Å². The second kappa shape index (κ2) is 5.26. The van der Waals surface area contributed by atoms with E-state index < -0.39 is 0 Å². The minimum atomic E-state index is 0.00944. The predicted octanol–water partition coefficient (Wildman–Crippen LogP) is 1.63. The number of likely N-dealkylation sites (tertiary alicyclic amines) is 1. The summed E-state index contributed by atoms with van der Waals surface area (Å²) in [6.07, 6.45) is 6.53. The van der Waals surface area contributed by atoms with E-state index in [-0.39, 0.29) is 16.9 Å². The van der Waals surface area contributed by atoms with Crippen LogP contribution in [0.1, 0.15) is 59.8 Å². The zero-order valence-electron chi connectivity index (χ0n) is 14.3. The van der Waals surface area contributed by atoms with Crippen molar-refractivity contribution < 1.29 is 9.69 Å². The third-order valence-corrected chi connectivity index (χ3v) is 7.40. The van der Waals surface area contributed by atoms with E-state index in [1.165, 1.54) is 50.1 Å². The van der Waals surface area contributed by atoms with Gasteiger partial charge in [-0.3, -0.25) is 4.79 Å². The van der Waals surface area contributed by atoms with E-state index in [2.05, 4.69) is 33.0 Å². The van der Waals surface area contributed by atoms with E-state index in [4.69, 9.17) is 0 Å². The summed E-state index contributed by atoms with van der Waals surface area (Å²) >= 11 is 0. The van der Waals surface area contributed by atoms with Gasteiger partial charge in [-0.25, -0.2) is 0 Å². The largest absolute Gasteiger partial charge is 0.345 e. The number of amides is 1. The third-order valence-electron chi connectivity index (χ3n) is 7.40. The van der Waals surface area contributed by atoms with Crippen molar-refractivity contribution >= 4 is 5.91 Å². The van der Waals surface area contributed by atoms with Gasteiger partial charge in [0.25, 0.3) is 5.91 Å². The van der Waals surface area contributed by atoms with Gasteiger partial charge in [0.1, 0.15) is 0 Å². The van der Waals surface area contributed by atoms with Crippen LogP contribution in [0.4, 0.5) is 0 Å². The molecule has 0 unspecified atom stereocenters. The summed E-state index contributed by atoms with van der Waals surface area (Å²) in [5, 5.41) is 3.48. The quantitative estimate of drug-likeness (QED) is 0.815. The molecule has 1 saturated heterocycles. The Bertz CT molecular complexity index is 411. The van der Waals surface area contributed by atoms with Gasteiger partial charge in [-0.15, -0.1) is 0 Å². The summed E-state index contributed by atoms with van der Waals surface area (Å²) < 4.78 is 0. The van der Waals surface area contributed by atoms with Crippen molar-refractivity contribution in [2.45, 2.75) is 65.3 Å². The van der Waals surface area contributed by atoms with Crippen LogP contribution in [-0.4, -0.2) is 31.1 Å². The number of carbonyl (C=O) groups is 1. The molecule has 3 nitrogen and oxygen atoms in total. The summed E-state index contributed by atoms with van der Waals surface area (Å²) in [7, 11) is 0. The summed E-state index contributed by atoms with van der Waals surface area (Å²) in [5.41, 5.74) is 0.257. The molecule has 0 aromatic heterocycles. The number of nitrogens with one attached hydrogen (secondary N) is 2. The minimum Gasteiger partial charge on any atom is -0.345 e. The molecule has 120 valence electrons. The van der Waals surface area contributed by atoms with Crippen LogP contribution >= 0.6 is 0 Å². The lowest BCUT2D eigenvalue weighted by Crippen LogP contribution is -3.14. The zero-order chi connectivity index (χ0) is 15.3. The Morgan fingerprint density at radius 2 is 1.71 bits per heavy atom. The van der Waals surface area contributed by atoms with Crippen LogP contribution in [0.2, 0.25) is 0 Å². The molecule has 0 radical (unpaired) electrons. The summed E-state index contributed by atoms with van der Waals surface area (Å²) in [6, 6.07) is 0. The van der Waals surface area contributed by atoms with E-state index in [1.54, 1.807) is 0 Å². The molecule has 1 aliphatic heterocycles. The van der Waals surface area contributed by atoms with E-state index >= 15 is 0 Å². The molecule has 21 heavy (non-hydrogen) atoms. The highest BCUT2D eigenvalue weighted by molar-refractivity contribution is 5.78. The van der Waals surface area contributed by atoms with Crippen molar-refractivity contribution in [2.24, 2.45) is 23.2 Å². The minimum absolute atomic E-state index is 0.00944. The Kier molecular flexibility index (Phi) is 3.84. The molecule has 3 aliphatic rings. The van der Waals surface area contributed by atoms with Gasteiger partial charge in [0.2, 0.25) is 0 Å². The molecule has 3 fully saturated rings. The number of rotatable bonds is 3. The van der Waals surface area contributed by atoms with Gasteiger partial charge in [-0.2, -0.15) is 0 Å². The first kappa shape index (κ1) is 15.3. The van der Waals surface area contributed by atoms with Crippen molar-refractivity contribution in [1.29, 1.82) is 0 Å². The average molecular weight is 293 g/mol. The Balaban J connectivity index is 1.59. The van der Waals surface area contributed by atoms with Crippen LogP contribution < -0.4 is 10.2 Å². The highest BCUT2D eigenvalue weighted by Crippen LogP contribution is 2.61. The molecule has 3 heteroatoms. The number of hydrogen-bond donors (Lipinski definition) is 2. The molecule has 3 rings (SSSR count). The second-order valence-corrected chi connectivity index (χ2v) is 8.79. The Morgan fingerprint density at radius 3 is 2.29 bits per heavy atom.